The van der Waals surface area contributed by atoms with Crippen LogP contribution < -0.4 is 4.90 Å². The molecule has 4 rings (SSSR count). The summed E-state index contributed by atoms with van der Waals surface area (Å²) in [5.74, 6) is 0.790. The van der Waals surface area contributed by atoms with Crippen molar-refractivity contribution in [3.63, 3.8) is 0 Å². The van der Waals surface area contributed by atoms with Crippen molar-refractivity contribution >= 4 is 11.7 Å². The van der Waals surface area contributed by atoms with Crippen LogP contribution in [0.25, 0.3) is 0 Å². The average Bonchev–Trinajstić information content (AvgIpc) is 3.04. The van der Waals surface area contributed by atoms with E-state index in [0.29, 0.717) is 12.1 Å². The summed E-state index contributed by atoms with van der Waals surface area (Å²) in [4.78, 5) is 24.0. The third-order valence-electron chi connectivity index (χ3n) is 6.24. The lowest BCUT2D eigenvalue weighted by Gasteiger charge is -2.29. The summed E-state index contributed by atoms with van der Waals surface area (Å²) in [7, 11) is 0. The molecule has 2 aliphatic rings. The zero-order valence-electron chi connectivity index (χ0n) is 18.2. The SMILES string of the molecule is O=C(c1cccnc1N1CCCN(Cc2ccc(C(F)(F)F)cc2)CC1)N1CCCCC1. The molecule has 8 heteroatoms. The Morgan fingerprint density at radius 3 is 2.34 bits per heavy atom. The molecular formula is C24H29F3N4O. The molecule has 1 aromatic carbocycles. The maximum Gasteiger partial charge on any atom is 0.416 e. The molecule has 0 radical (unpaired) electrons. The fourth-order valence-corrected chi connectivity index (χ4v) is 4.48. The number of nitrogens with zero attached hydrogens (tertiary/aromatic N) is 4. The number of benzene rings is 1. The van der Waals surface area contributed by atoms with Crippen LogP contribution in [0.2, 0.25) is 0 Å². The van der Waals surface area contributed by atoms with Crippen molar-refractivity contribution in [3.8, 4) is 0 Å². The summed E-state index contributed by atoms with van der Waals surface area (Å²) >= 11 is 0. The molecule has 32 heavy (non-hydrogen) atoms. The monoisotopic (exact) mass is 446 g/mol. The zero-order valence-corrected chi connectivity index (χ0v) is 18.2. The van der Waals surface area contributed by atoms with E-state index in [1.165, 1.54) is 6.42 Å². The highest BCUT2D eigenvalue weighted by Gasteiger charge is 2.30. The fourth-order valence-electron chi connectivity index (χ4n) is 4.48. The van der Waals surface area contributed by atoms with Crippen LogP contribution >= 0.6 is 0 Å². The van der Waals surface area contributed by atoms with Gasteiger partial charge in [0, 0.05) is 52.0 Å². The van der Waals surface area contributed by atoms with Gasteiger partial charge in [0.15, 0.2) is 0 Å². The molecule has 5 nitrogen and oxygen atoms in total. The first-order valence-corrected chi connectivity index (χ1v) is 11.3. The molecule has 3 heterocycles. The zero-order chi connectivity index (χ0) is 22.6. The van der Waals surface area contributed by atoms with Crippen LogP contribution in [0.4, 0.5) is 19.0 Å². The van der Waals surface area contributed by atoms with E-state index in [1.54, 1.807) is 18.3 Å². The van der Waals surface area contributed by atoms with Gasteiger partial charge in [-0.05, 0) is 55.5 Å². The maximum absolute atomic E-state index is 13.1. The number of anilines is 1. The lowest BCUT2D eigenvalue weighted by molar-refractivity contribution is -0.137. The van der Waals surface area contributed by atoms with Gasteiger partial charge in [0.1, 0.15) is 5.82 Å². The molecule has 0 bridgehead atoms. The number of aromatic nitrogens is 1. The van der Waals surface area contributed by atoms with E-state index in [4.69, 9.17) is 0 Å². The largest absolute Gasteiger partial charge is 0.416 e. The predicted molar refractivity (Wildman–Crippen MR) is 118 cm³/mol. The van der Waals surface area contributed by atoms with Gasteiger partial charge in [-0.25, -0.2) is 4.98 Å². The Morgan fingerprint density at radius 2 is 1.62 bits per heavy atom. The molecule has 172 valence electrons. The first-order valence-electron chi connectivity index (χ1n) is 11.3. The van der Waals surface area contributed by atoms with Crippen molar-refractivity contribution in [2.24, 2.45) is 0 Å². The van der Waals surface area contributed by atoms with Crippen LogP contribution in [0.15, 0.2) is 42.6 Å². The molecule has 2 fully saturated rings. The molecule has 2 saturated heterocycles. The number of hydrogen-bond acceptors (Lipinski definition) is 4. The van der Waals surface area contributed by atoms with Crippen molar-refractivity contribution in [1.82, 2.24) is 14.8 Å². The van der Waals surface area contributed by atoms with Crippen LogP contribution in [0.3, 0.4) is 0 Å². The Hall–Kier alpha value is -2.61. The smallest absolute Gasteiger partial charge is 0.355 e. The molecule has 1 aromatic heterocycles. The van der Waals surface area contributed by atoms with Crippen LogP contribution in [0.1, 0.15) is 47.2 Å². The number of rotatable bonds is 4. The molecule has 0 saturated carbocycles. The van der Waals surface area contributed by atoms with E-state index in [2.05, 4.69) is 14.8 Å². The van der Waals surface area contributed by atoms with Gasteiger partial charge in [-0.1, -0.05) is 12.1 Å². The Morgan fingerprint density at radius 1 is 0.875 bits per heavy atom. The van der Waals surface area contributed by atoms with E-state index in [9.17, 15) is 18.0 Å². The number of halogens is 3. The van der Waals surface area contributed by atoms with Gasteiger partial charge in [0.25, 0.3) is 5.91 Å². The first-order chi connectivity index (χ1) is 15.4. The summed E-state index contributed by atoms with van der Waals surface area (Å²) in [6, 6.07) is 9.08. The highest BCUT2D eigenvalue weighted by molar-refractivity contribution is 5.99. The number of alkyl halides is 3. The normalized spacial score (nSPS) is 18.5. The molecule has 1 amide bonds. The molecule has 0 atom stereocenters. The molecular weight excluding hydrogens is 417 g/mol. The van der Waals surface area contributed by atoms with E-state index in [0.717, 1.165) is 82.0 Å². The maximum atomic E-state index is 13.1. The minimum absolute atomic E-state index is 0.0543. The highest BCUT2D eigenvalue weighted by Crippen LogP contribution is 2.29. The van der Waals surface area contributed by atoms with E-state index < -0.39 is 11.7 Å². The highest BCUT2D eigenvalue weighted by atomic mass is 19.4. The lowest BCUT2D eigenvalue weighted by Crippen LogP contribution is -2.37. The van der Waals surface area contributed by atoms with E-state index in [1.807, 2.05) is 17.0 Å². The van der Waals surface area contributed by atoms with Crippen molar-refractivity contribution in [2.45, 2.75) is 38.4 Å². The molecule has 0 unspecified atom stereocenters. The summed E-state index contributed by atoms with van der Waals surface area (Å²) < 4.78 is 38.4. The van der Waals surface area contributed by atoms with Crippen LogP contribution in [-0.4, -0.2) is 60.0 Å². The minimum Gasteiger partial charge on any atom is -0.355 e. The predicted octanol–water partition coefficient (Wildman–Crippen LogP) is 4.44. The summed E-state index contributed by atoms with van der Waals surface area (Å²) in [6.45, 7) is 5.32. The number of amides is 1. The second-order valence-corrected chi connectivity index (χ2v) is 8.54. The summed E-state index contributed by atoms with van der Waals surface area (Å²) in [5, 5.41) is 0. The van der Waals surface area contributed by atoms with Gasteiger partial charge in [-0.3, -0.25) is 9.69 Å². The third kappa shape index (κ3) is 5.41. The Labute approximate surface area is 186 Å². The number of carbonyl (C=O) groups is 1. The number of piperidine rings is 1. The Bertz CT molecular complexity index is 910. The Kier molecular flexibility index (Phi) is 6.98. The molecule has 2 aliphatic heterocycles. The van der Waals surface area contributed by atoms with Gasteiger partial charge in [0.2, 0.25) is 0 Å². The third-order valence-corrected chi connectivity index (χ3v) is 6.24. The number of pyridine rings is 1. The van der Waals surface area contributed by atoms with Crippen molar-refractivity contribution < 1.29 is 18.0 Å². The van der Waals surface area contributed by atoms with Gasteiger partial charge in [-0.15, -0.1) is 0 Å². The lowest BCUT2D eigenvalue weighted by atomic mass is 10.1. The van der Waals surface area contributed by atoms with Gasteiger partial charge >= 0.3 is 6.18 Å². The topological polar surface area (TPSA) is 39.7 Å². The second kappa shape index (κ2) is 9.90. The minimum atomic E-state index is -4.31. The van der Waals surface area contributed by atoms with Crippen molar-refractivity contribution in [2.75, 3.05) is 44.2 Å². The van der Waals surface area contributed by atoms with Crippen LogP contribution in [0.5, 0.6) is 0 Å². The quantitative estimate of drug-likeness (QED) is 0.696. The van der Waals surface area contributed by atoms with Gasteiger partial charge < -0.3 is 9.80 Å². The second-order valence-electron chi connectivity index (χ2n) is 8.54. The molecule has 2 aromatic rings. The molecule has 0 spiro atoms. The van der Waals surface area contributed by atoms with E-state index >= 15 is 0 Å². The van der Waals surface area contributed by atoms with Crippen molar-refractivity contribution in [1.29, 1.82) is 0 Å². The number of likely N-dealkylation sites (tertiary alicyclic amines) is 1. The number of hydrogen-bond donors (Lipinski definition) is 0. The first kappa shape index (κ1) is 22.6. The summed E-state index contributed by atoms with van der Waals surface area (Å²) in [5.41, 5.74) is 0.903. The van der Waals surface area contributed by atoms with Crippen LogP contribution in [-0.2, 0) is 12.7 Å². The average molecular weight is 447 g/mol. The van der Waals surface area contributed by atoms with Gasteiger partial charge in [0.05, 0.1) is 11.1 Å². The van der Waals surface area contributed by atoms with Gasteiger partial charge in [-0.2, -0.15) is 13.2 Å². The van der Waals surface area contributed by atoms with E-state index in [-0.39, 0.29) is 5.91 Å². The fraction of sp³-hybridized carbons (Fsp3) is 0.500. The molecule has 0 N–H and O–H groups in total. The van der Waals surface area contributed by atoms with Crippen molar-refractivity contribution in [3.05, 3.63) is 59.3 Å². The summed E-state index contributed by atoms with van der Waals surface area (Å²) in [6.07, 6.45) is 1.58. The Balaban J connectivity index is 1.41. The molecule has 0 aliphatic carbocycles. The number of carbonyl (C=O) groups excluding carboxylic acids is 1. The van der Waals surface area contributed by atoms with Crippen LogP contribution in [0, 0.1) is 0 Å². The standard InChI is InChI=1S/C24H29F3N4O/c25-24(26,27)20-9-7-19(8-10-20)18-29-12-5-15-30(17-16-29)22-21(6-4-11-28-22)23(32)31-13-2-1-3-14-31/h4,6-11H,1-3,5,12-18H2.